The highest BCUT2D eigenvalue weighted by molar-refractivity contribution is 7.89. The van der Waals surface area contributed by atoms with E-state index >= 15 is 0 Å². The van der Waals surface area contributed by atoms with E-state index in [1.54, 1.807) is 13.8 Å². The Morgan fingerprint density at radius 3 is 2.31 bits per heavy atom. The van der Waals surface area contributed by atoms with Crippen molar-refractivity contribution in [3.63, 3.8) is 0 Å². The molecule has 1 fully saturated rings. The normalized spacial score (nSPS) is 16.1. The first kappa shape index (κ1) is 24.3. The van der Waals surface area contributed by atoms with Gasteiger partial charge in [0.15, 0.2) is 0 Å². The van der Waals surface area contributed by atoms with Gasteiger partial charge >= 0.3 is 0 Å². The predicted octanol–water partition coefficient (Wildman–Crippen LogP) is 2.28. The van der Waals surface area contributed by atoms with Crippen LogP contribution >= 0.6 is 0 Å². The fraction of sp³-hybridized carbons (Fsp3) is 0.435. The number of halogens is 1. The molecule has 2 aromatic rings. The van der Waals surface area contributed by atoms with Crippen molar-refractivity contribution in [3.8, 4) is 0 Å². The lowest BCUT2D eigenvalue weighted by Gasteiger charge is -2.26. The highest BCUT2D eigenvalue weighted by Crippen LogP contribution is 2.16. The van der Waals surface area contributed by atoms with Crippen molar-refractivity contribution in [2.24, 2.45) is 5.92 Å². The number of nitrogens with zero attached hydrogens (tertiary/aromatic N) is 1. The fourth-order valence-electron chi connectivity index (χ4n) is 3.46. The molecule has 0 spiro atoms. The van der Waals surface area contributed by atoms with Crippen LogP contribution < -0.4 is 10.0 Å². The van der Waals surface area contributed by atoms with E-state index in [1.807, 2.05) is 24.3 Å². The summed E-state index contributed by atoms with van der Waals surface area (Å²) < 4.78 is 46.9. The average molecular weight is 464 g/mol. The lowest BCUT2D eigenvalue weighted by atomic mass is 10.0. The van der Waals surface area contributed by atoms with Gasteiger partial charge in [0.05, 0.1) is 13.2 Å². The number of ether oxygens (including phenoxy) is 1. The summed E-state index contributed by atoms with van der Waals surface area (Å²) in [6, 6.07) is 12.0. The van der Waals surface area contributed by atoms with E-state index in [-0.39, 0.29) is 12.5 Å². The van der Waals surface area contributed by atoms with Crippen molar-refractivity contribution in [1.29, 1.82) is 0 Å². The molecule has 2 N–H and O–H groups in total. The smallest absolute Gasteiger partial charge is 0.244 e. The zero-order valence-electron chi connectivity index (χ0n) is 18.4. The lowest BCUT2D eigenvalue weighted by molar-refractivity contribution is -0.123. The monoisotopic (exact) mass is 463 g/mol. The Morgan fingerprint density at radius 1 is 1.06 bits per heavy atom. The minimum absolute atomic E-state index is 0.265. The van der Waals surface area contributed by atoms with Crippen LogP contribution in [0.1, 0.15) is 25.0 Å². The summed E-state index contributed by atoms with van der Waals surface area (Å²) >= 11 is 0. The number of amides is 1. The van der Waals surface area contributed by atoms with E-state index in [1.165, 1.54) is 23.8 Å². The summed E-state index contributed by atoms with van der Waals surface area (Å²) in [5.41, 5.74) is 2.09. The predicted molar refractivity (Wildman–Crippen MR) is 120 cm³/mol. The molecule has 0 unspecified atom stereocenters. The molecule has 1 atom stereocenters. The molecule has 1 amide bonds. The standard InChI is InChI=1S/C23H30FN3O4S/c1-17(2)22(26-32(29,30)21-6-4-3-5-20(21)24)23(28)25-15-18-7-9-19(10-8-18)16-27-11-13-31-14-12-27/h3-10,17,22,26H,11-16H2,1-2H3,(H,25,28)/t22-/m1/s1. The molecule has 3 rings (SSSR count). The number of benzene rings is 2. The Hall–Kier alpha value is -2.33. The minimum Gasteiger partial charge on any atom is -0.379 e. The first-order chi connectivity index (χ1) is 15.3. The Morgan fingerprint density at radius 2 is 1.69 bits per heavy atom. The first-order valence-electron chi connectivity index (χ1n) is 10.7. The number of hydrogen-bond donors (Lipinski definition) is 2. The van der Waals surface area contributed by atoms with Crippen LogP contribution in [0.15, 0.2) is 53.4 Å². The summed E-state index contributed by atoms with van der Waals surface area (Å²) in [5, 5.41) is 2.78. The summed E-state index contributed by atoms with van der Waals surface area (Å²) in [7, 11) is -4.18. The Labute approximate surface area is 189 Å². The van der Waals surface area contributed by atoms with E-state index in [0.29, 0.717) is 0 Å². The van der Waals surface area contributed by atoms with Gasteiger partial charge in [-0.25, -0.2) is 12.8 Å². The van der Waals surface area contributed by atoms with Gasteiger partial charge in [-0.05, 0) is 29.2 Å². The zero-order valence-corrected chi connectivity index (χ0v) is 19.2. The van der Waals surface area contributed by atoms with Crippen LogP contribution in [0, 0.1) is 11.7 Å². The van der Waals surface area contributed by atoms with Crippen LogP contribution in [0.25, 0.3) is 0 Å². The van der Waals surface area contributed by atoms with Crippen molar-refractivity contribution in [2.45, 2.75) is 37.9 Å². The second-order valence-corrected chi connectivity index (χ2v) is 9.88. The van der Waals surface area contributed by atoms with E-state index in [2.05, 4.69) is 14.9 Å². The summed E-state index contributed by atoms with van der Waals surface area (Å²) in [5.74, 6) is -1.65. The molecule has 9 heteroatoms. The zero-order chi connectivity index (χ0) is 23.1. The van der Waals surface area contributed by atoms with Gasteiger partial charge < -0.3 is 10.1 Å². The number of nitrogens with one attached hydrogen (secondary N) is 2. The third-order valence-electron chi connectivity index (χ3n) is 5.36. The Kier molecular flexibility index (Phi) is 8.36. The van der Waals surface area contributed by atoms with Crippen molar-refractivity contribution in [3.05, 3.63) is 65.5 Å². The van der Waals surface area contributed by atoms with Crippen LogP contribution in [0.5, 0.6) is 0 Å². The van der Waals surface area contributed by atoms with Crippen LogP contribution in [0.4, 0.5) is 4.39 Å². The summed E-state index contributed by atoms with van der Waals surface area (Å²) in [6.45, 7) is 7.91. The summed E-state index contributed by atoms with van der Waals surface area (Å²) in [6.07, 6.45) is 0. The molecule has 0 radical (unpaired) electrons. The van der Waals surface area contributed by atoms with E-state index in [0.717, 1.165) is 44.5 Å². The van der Waals surface area contributed by atoms with Gasteiger partial charge in [-0.1, -0.05) is 50.2 Å². The average Bonchev–Trinajstić information content (AvgIpc) is 2.77. The van der Waals surface area contributed by atoms with Gasteiger partial charge in [0, 0.05) is 26.2 Å². The van der Waals surface area contributed by atoms with E-state index in [9.17, 15) is 17.6 Å². The molecule has 2 aromatic carbocycles. The number of sulfonamides is 1. The largest absolute Gasteiger partial charge is 0.379 e. The number of rotatable bonds is 9. The number of carbonyl (C=O) groups is 1. The molecule has 0 bridgehead atoms. The van der Waals surface area contributed by atoms with Gasteiger partial charge in [-0.2, -0.15) is 4.72 Å². The molecule has 32 heavy (non-hydrogen) atoms. The molecule has 1 heterocycles. The number of carbonyl (C=O) groups excluding carboxylic acids is 1. The van der Waals surface area contributed by atoms with Gasteiger partial charge in [0.25, 0.3) is 0 Å². The maximum absolute atomic E-state index is 14.0. The molecule has 174 valence electrons. The highest BCUT2D eigenvalue weighted by atomic mass is 32.2. The van der Waals surface area contributed by atoms with Crippen molar-refractivity contribution in [2.75, 3.05) is 26.3 Å². The van der Waals surface area contributed by atoms with E-state index in [4.69, 9.17) is 4.74 Å². The molecule has 1 saturated heterocycles. The SMILES string of the molecule is CC(C)[C@@H](NS(=O)(=O)c1ccccc1F)C(=O)NCc1ccc(CN2CCOCC2)cc1. The molecule has 7 nitrogen and oxygen atoms in total. The van der Waals surface area contributed by atoms with Gasteiger partial charge in [0.1, 0.15) is 16.8 Å². The topological polar surface area (TPSA) is 87.7 Å². The second-order valence-electron chi connectivity index (χ2n) is 8.20. The van der Waals surface area contributed by atoms with Crippen molar-refractivity contribution >= 4 is 15.9 Å². The minimum atomic E-state index is -4.18. The second kappa shape index (κ2) is 11.0. The molecule has 0 aliphatic carbocycles. The van der Waals surface area contributed by atoms with Crippen LogP contribution in [-0.4, -0.2) is 51.6 Å². The number of morpholine rings is 1. The fourth-order valence-corrected chi connectivity index (χ4v) is 4.89. The Balaban J connectivity index is 1.58. The van der Waals surface area contributed by atoms with Gasteiger partial charge in [-0.15, -0.1) is 0 Å². The molecule has 0 aromatic heterocycles. The molecule has 1 aliphatic rings. The maximum Gasteiger partial charge on any atom is 0.244 e. The first-order valence-corrected chi connectivity index (χ1v) is 12.2. The molecule has 1 aliphatic heterocycles. The van der Waals surface area contributed by atoms with E-state index < -0.39 is 32.7 Å². The van der Waals surface area contributed by atoms with Crippen LogP contribution in [-0.2, 0) is 32.6 Å². The quantitative estimate of drug-likeness (QED) is 0.596. The maximum atomic E-state index is 14.0. The van der Waals surface area contributed by atoms with Crippen LogP contribution in [0.2, 0.25) is 0 Å². The molecule has 0 saturated carbocycles. The van der Waals surface area contributed by atoms with Gasteiger partial charge in [0.2, 0.25) is 15.9 Å². The van der Waals surface area contributed by atoms with Crippen molar-refractivity contribution in [1.82, 2.24) is 14.9 Å². The molecular formula is C23H30FN3O4S. The third-order valence-corrected chi connectivity index (χ3v) is 6.83. The molecular weight excluding hydrogens is 433 g/mol. The summed E-state index contributed by atoms with van der Waals surface area (Å²) in [4.78, 5) is 14.6. The van der Waals surface area contributed by atoms with Crippen LogP contribution in [0.3, 0.4) is 0 Å². The Bertz CT molecular complexity index is 1010. The third kappa shape index (κ3) is 6.59. The lowest BCUT2D eigenvalue weighted by Crippen LogP contribution is -2.49. The van der Waals surface area contributed by atoms with Crippen molar-refractivity contribution < 1.29 is 22.3 Å². The number of hydrogen-bond acceptors (Lipinski definition) is 5. The van der Waals surface area contributed by atoms with Gasteiger partial charge in [-0.3, -0.25) is 9.69 Å². The highest BCUT2D eigenvalue weighted by Gasteiger charge is 2.29.